The van der Waals surface area contributed by atoms with E-state index in [4.69, 9.17) is 4.74 Å². The molecule has 1 saturated carbocycles. The molecule has 0 saturated heterocycles. The summed E-state index contributed by atoms with van der Waals surface area (Å²) in [6.07, 6.45) is 6.75. The number of hydrogen-bond acceptors (Lipinski definition) is 2. The number of carbonyl (C=O) groups is 1. The summed E-state index contributed by atoms with van der Waals surface area (Å²) in [4.78, 5) is 12.1. The van der Waals surface area contributed by atoms with Crippen molar-refractivity contribution >= 4 is 14.0 Å². The van der Waals surface area contributed by atoms with Crippen molar-refractivity contribution in [3.8, 4) is 0 Å². The van der Waals surface area contributed by atoms with Gasteiger partial charge in [-0.3, -0.25) is 4.79 Å². The van der Waals surface area contributed by atoms with Crippen LogP contribution in [0.2, 0.25) is 25.7 Å². The minimum absolute atomic E-state index is 0.0487. The Kier molecular flexibility index (Phi) is 3.48. The topological polar surface area (TPSA) is 26.3 Å². The first-order valence-corrected chi connectivity index (χ1v) is 10.4. The molecular weight excluding hydrogens is 228 g/mol. The van der Waals surface area contributed by atoms with Crippen molar-refractivity contribution < 1.29 is 9.53 Å². The molecular formula is C14H24O2Si. The predicted octanol–water partition coefficient (Wildman–Crippen LogP) is 3.47. The highest BCUT2D eigenvalue weighted by Crippen LogP contribution is 2.44. The van der Waals surface area contributed by atoms with Crippen LogP contribution in [0, 0.1) is 17.8 Å². The Morgan fingerprint density at radius 1 is 1.35 bits per heavy atom. The first-order valence-electron chi connectivity index (χ1n) is 6.74. The van der Waals surface area contributed by atoms with Crippen molar-refractivity contribution in [3.05, 3.63) is 12.2 Å². The van der Waals surface area contributed by atoms with E-state index in [9.17, 15) is 4.79 Å². The van der Waals surface area contributed by atoms with E-state index < -0.39 is 8.07 Å². The van der Waals surface area contributed by atoms with Gasteiger partial charge in [0.05, 0.1) is 12.0 Å². The first kappa shape index (κ1) is 12.9. The van der Waals surface area contributed by atoms with Crippen LogP contribution in [0.15, 0.2) is 12.2 Å². The maximum atomic E-state index is 12.1. The Bertz CT molecular complexity index is 330. The van der Waals surface area contributed by atoms with Gasteiger partial charge in [-0.15, -0.1) is 0 Å². The van der Waals surface area contributed by atoms with Crippen LogP contribution < -0.4 is 0 Å². The fourth-order valence-electron chi connectivity index (χ4n) is 3.24. The molecule has 0 aromatic heterocycles. The summed E-state index contributed by atoms with van der Waals surface area (Å²) in [5, 5.41) is 0. The zero-order valence-electron chi connectivity index (χ0n) is 11.4. The number of rotatable bonds is 4. The van der Waals surface area contributed by atoms with Crippen molar-refractivity contribution in [2.24, 2.45) is 17.8 Å². The van der Waals surface area contributed by atoms with Crippen molar-refractivity contribution in [1.82, 2.24) is 0 Å². The minimum Gasteiger partial charge on any atom is -0.463 e. The van der Waals surface area contributed by atoms with Crippen LogP contribution in [0.3, 0.4) is 0 Å². The van der Waals surface area contributed by atoms with Crippen LogP contribution in [0.25, 0.3) is 0 Å². The number of hydrogen-bond donors (Lipinski definition) is 0. The van der Waals surface area contributed by atoms with E-state index in [1.807, 2.05) is 6.92 Å². The molecule has 0 aromatic carbocycles. The van der Waals surface area contributed by atoms with Gasteiger partial charge in [0.15, 0.2) is 0 Å². The van der Waals surface area contributed by atoms with Crippen LogP contribution in [0.5, 0.6) is 0 Å². The van der Waals surface area contributed by atoms with E-state index in [0.29, 0.717) is 11.8 Å². The van der Waals surface area contributed by atoms with Crippen LogP contribution in [0.4, 0.5) is 0 Å². The number of allylic oxidation sites excluding steroid dienone is 2. The third-order valence-corrected chi connectivity index (χ3v) is 5.60. The smallest absolute Gasteiger partial charge is 0.309 e. The second-order valence-corrected chi connectivity index (χ2v) is 12.4. The zero-order valence-corrected chi connectivity index (χ0v) is 12.4. The number of fused-ring (bicyclic) bond motifs is 2. The number of carbonyl (C=O) groups excluding carboxylic acids is 1. The predicted molar refractivity (Wildman–Crippen MR) is 72.6 cm³/mol. The van der Waals surface area contributed by atoms with Gasteiger partial charge >= 0.3 is 5.97 Å². The summed E-state index contributed by atoms with van der Waals surface area (Å²) < 4.78 is 5.62. The quantitative estimate of drug-likeness (QED) is 0.435. The molecule has 0 heterocycles. The summed E-state index contributed by atoms with van der Waals surface area (Å²) in [6, 6.07) is 1.06. The Morgan fingerprint density at radius 2 is 2.06 bits per heavy atom. The van der Waals surface area contributed by atoms with Crippen LogP contribution in [-0.2, 0) is 9.53 Å². The van der Waals surface area contributed by atoms with Gasteiger partial charge in [0, 0.05) is 8.07 Å². The highest BCUT2D eigenvalue weighted by Gasteiger charge is 2.41. The van der Waals surface area contributed by atoms with Gasteiger partial charge in [-0.05, 0) is 37.6 Å². The molecule has 17 heavy (non-hydrogen) atoms. The molecule has 0 N–H and O–H groups in total. The number of ether oxygens (including phenoxy) is 1. The lowest BCUT2D eigenvalue weighted by molar-refractivity contribution is -0.153. The second kappa shape index (κ2) is 4.60. The largest absolute Gasteiger partial charge is 0.463 e. The lowest BCUT2D eigenvalue weighted by Gasteiger charge is -2.24. The van der Waals surface area contributed by atoms with E-state index in [0.717, 1.165) is 12.5 Å². The monoisotopic (exact) mass is 252 g/mol. The Labute approximate surface area is 105 Å². The maximum absolute atomic E-state index is 12.1. The summed E-state index contributed by atoms with van der Waals surface area (Å²) in [5.74, 6) is 1.30. The second-order valence-electron chi connectivity index (χ2n) is 6.90. The molecule has 2 aliphatic rings. The molecule has 96 valence electrons. The summed E-state index contributed by atoms with van der Waals surface area (Å²) >= 11 is 0. The van der Waals surface area contributed by atoms with Gasteiger partial charge in [-0.2, -0.15) is 0 Å². The molecule has 2 bridgehead atoms. The summed E-state index contributed by atoms with van der Waals surface area (Å²) in [7, 11) is -1.13. The number of esters is 1. The Balaban J connectivity index is 1.83. The third-order valence-electron chi connectivity index (χ3n) is 3.80. The highest BCUT2D eigenvalue weighted by molar-refractivity contribution is 6.76. The van der Waals surface area contributed by atoms with Gasteiger partial charge in [-0.1, -0.05) is 31.8 Å². The molecule has 1 fully saturated rings. The van der Waals surface area contributed by atoms with Crippen LogP contribution >= 0.6 is 0 Å². The molecule has 0 aromatic rings. The fourth-order valence-corrected chi connectivity index (χ4v) is 5.05. The molecule has 2 rings (SSSR count). The van der Waals surface area contributed by atoms with E-state index in [2.05, 4.69) is 31.8 Å². The lowest BCUT2D eigenvalue weighted by atomic mass is 9.94. The van der Waals surface area contributed by atoms with Gasteiger partial charge in [0.25, 0.3) is 0 Å². The first-order chi connectivity index (χ1) is 7.85. The van der Waals surface area contributed by atoms with Crippen LogP contribution in [-0.4, -0.2) is 20.1 Å². The van der Waals surface area contributed by atoms with E-state index in [1.54, 1.807) is 0 Å². The summed E-state index contributed by atoms with van der Waals surface area (Å²) in [6.45, 7) is 8.99. The van der Waals surface area contributed by atoms with Gasteiger partial charge in [-0.25, -0.2) is 0 Å². The molecule has 0 amide bonds. The molecule has 0 spiro atoms. The maximum Gasteiger partial charge on any atom is 0.309 e. The van der Waals surface area contributed by atoms with E-state index >= 15 is 0 Å². The average Bonchev–Trinajstić information content (AvgIpc) is 2.74. The van der Waals surface area contributed by atoms with Crippen molar-refractivity contribution in [3.63, 3.8) is 0 Å². The highest BCUT2D eigenvalue weighted by atomic mass is 28.3. The van der Waals surface area contributed by atoms with Gasteiger partial charge < -0.3 is 4.74 Å². The third kappa shape index (κ3) is 3.21. The van der Waals surface area contributed by atoms with Crippen molar-refractivity contribution in [2.75, 3.05) is 0 Å². The Hall–Kier alpha value is -0.573. The Morgan fingerprint density at radius 3 is 2.53 bits per heavy atom. The molecule has 2 aliphatic carbocycles. The normalized spacial score (nSPS) is 32.8. The average molecular weight is 252 g/mol. The van der Waals surface area contributed by atoms with Gasteiger partial charge in [0.1, 0.15) is 0 Å². The fraction of sp³-hybridized carbons (Fsp3) is 0.786. The lowest BCUT2D eigenvalue weighted by Crippen LogP contribution is -2.31. The molecule has 0 aliphatic heterocycles. The van der Waals surface area contributed by atoms with Crippen LogP contribution in [0.1, 0.15) is 19.8 Å². The van der Waals surface area contributed by atoms with E-state index in [-0.39, 0.29) is 18.0 Å². The SMILES string of the molecule is CC(C[Si](C)(C)C)OC(=O)C1CC2C=CC1C2. The minimum atomic E-state index is -1.13. The van der Waals surface area contributed by atoms with Gasteiger partial charge in [0.2, 0.25) is 0 Å². The summed E-state index contributed by atoms with van der Waals surface area (Å²) in [5.41, 5.74) is 0. The molecule has 4 atom stereocenters. The molecule has 0 radical (unpaired) electrons. The molecule has 4 unspecified atom stereocenters. The molecule has 3 heteroatoms. The molecule has 2 nitrogen and oxygen atoms in total. The van der Waals surface area contributed by atoms with Crippen molar-refractivity contribution in [2.45, 2.75) is 51.6 Å². The zero-order chi connectivity index (χ0) is 12.6. The van der Waals surface area contributed by atoms with E-state index in [1.165, 1.54) is 6.42 Å². The standard InChI is InChI=1S/C14H24O2Si/c1-10(9-17(2,3)4)16-14(15)13-8-11-5-6-12(13)7-11/h5-6,10-13H,7-9H2,1-4H3. The van der Waals surface area contributed by atoms with Crippen molar-refractivity contribution in [1.29, 1.82) is 0 Å².